The van der Waals surface area contributed by atoms with Crippen LogP contribution in [0.4, 0.5) is 25.4 Å². The number of anilines is 2. The summed E-state index contributed by atoms with van der Waals surface area (Å²) in [7, 11) is 0. The molecule has 6 saturated heterocycles. The largest absolute Gasteiger partial charge is 0.466 e. The molecular weight excluding hydrogens is 1330 g/mol. The Morgan fingerprint density at radius 1 is 0.450 bits per heavy atom. The van der Waals surface area contributed by atoms with Gasteiger partial charge < -0.3 is 44.4 Å². The van der Waals surface area contributed by atoms with Crippen molar-refractivity contribution in [3.63, 3.8) is 0 Å². The van der Waals surface area contributed by atoms with Crippen LogP contribution in [0.15, 0.2) is 54.6 Å². The number of nitrogens with one attached hydrogen (secondary N) is 5. The molecule has 3 aromatic carbocycles. The predicted molar refractivity (Wildman–Crippen MR) is 365 cm³/mol. The molecule has 9 heterocycles. The first-order valence-electron chi connectivity index (χ1n) is 31.6. The van der Waals surface area contributed by atoms with Crippen molar-refractivity contribution in [3.8, 4) is 0 Å². The number of benzene rings is 3. The Balaban J connectivity index is 0.000000281. The van der Waals surface area contributed by atoms with Gasteiger partial charge in [-0.05, 0) is 122 Å². The fourth-order valence-electron chi connectivity index (χ4n) is 11.5. The molecule has 14 amide bonds. The van der Waals surface area contributed by atoms with Crippen LogP contribution in [0.5, 0.6) is 0 Å². The number of esters is 1. The zero-order valence-corrected chi connectivity index (χ0v) is 55.9. The molecule has 0 saturated carbocycles. The summed E-state index contributed by atoms with van der Waals surface area (Å²) in [6, 6.07) is 10.6. The fourth-order valence-corrected chi connectivity index (χ4v) is 11.5. The third-order valence-electron chi connectivity index (χ3n) is 16.1. The number of halogens is 2. The van der Waals surface area contributed by atoms with Crippen molar-refractivity contribution in [3.05, 3.63) is 93.8 Å². The highest BCUT2D eigenvalue weighted by Gasteiger charge is 2.48. The van der Waals surface area contributed by atoms with Gasteiger partial charge in [0.15, 0.2) is 0 Å². The number of hydrogen-bond acceptors (Lipinski definition) is 22. The third kappa shape index (κ3) is 20.0. The van der Waals surface area contributed by atoms with Gasteiger partial charge in [0.25, 0.3) is 35.4 Å². The molecule has 9 aliphatic rings. The lowest BCUT2D eigenvalue weighted by Crippen LogP contribution is -2.54. The molecule has 0 aliphatic carbocycles. The van der Waals surface area contributed by atoms with Crippen LogP contribution < -0.4 is 36.4 Å². The van der Waals surface area contributed by atoms with Crippen molar-refractivity contribution in [2.24, 2.45) is 0 Å². The van der Waals surface area contributed by atoms with Gasteiger partial charge >= 0.3 is 18.2 Å². The molecule has 0 aromatic heterocycles. The minimum absolute atomic E-state index is 0. The van der Waals surface area contributed by atoms with Gasteiger partial charge in [-0.15, -0.1) is 12.4 Å². The lowest BCUT2D eigenvalue weighted by atomic mass is 10.0. The van der Waals surface area contributed by atoms with Crippen LogP contribution >= 0.6 is 12.4 Å². The van der Waals surface area contributed by atoms with Crippen molar-refractivity contribution < 1.29 is 90.5 Å². The number of hydrogen-bond donors (Lipinski definition) is 5. The SMILES string of the molecule is C.C.C.CC(C)(C)OC(=O)N1CCN(c2ccc3c(c2)C(=O)N(C2CCC(=O)NC2=O)C3=O)CC1.CC(C)(C)OC(=O)N1CCNCC1.CCOC(C)=O.Cl.O=C1CCC(N2C(=O)c3ccc(F)cc3C2=O)C(=O)N1.O=C1CCC(N2C(=O)c3ccc(N4CCNCC4)cc3C2=O)C(=O)N1. The molecule has 3 aromatic rings. The van der Waals surface area contributed by atoms with Gasteiger partial charge in [0.1, 0.15) is 35.1 Å². The summed E-state index contributed by atoms with van der Waals surface area (Å²) in [6.07, 6.45) is 0.0702. The monoisotopic (exact) mass is 1420 g/mol. The molecule has 9 aliphatic heterocycles. The highest BCUT2D eigenvalue weighted by atomic mass is 35.5. The highest BCUT2D eigenvalue weighted by Crippen LogP contribution is 2.34. The maximum absolute atomic E-state index is 13.2. The van der Waals surface area contributed by atoms with E-state index in [9.17, 15) is 76.3 Å². The van der Waals surface area contributed by atoms with Crippen LogP contribution in [0.25, 0.3) is 0 Å². The van der Waals surface area contributed by atoms with Gasteiger partial charge in [0.05, 0.1) is 40.0 Å². The second kappa shape index (κ2) is 35.3. The number of ether oxygens (including phenoxy) is 3. The normalized spacial score (nSPS) is 20.1. The van der Waals surface area contributed by atoms with Crippen LogP contribution in [-0.4, -0.2) is 228 Å². The Bertz CT molecular complexity index is 3650. The molecule has 5 N–H and O–H groups in total. The first-order chi connectivity index (χ1) is 45.4. The average molecular weight is 1420 g/mol. The molecule has 0 bridgehead atoms. The fraction of sp³-hybridized carbons (Fsp3) is 0.515. The number of fused-ring (bicyclic) bond motifs is 3. The Labute approximate surface area is 586 Å². The molecule has 30 nitrogen and oxygen atoms in total. The third-order valence-corrected chi connectivity index (χ3v) is 16.1. The summed E-state index contributed by atoms with van der Waals surface area (Å²) < 4.78 is 28.2. The molecular formula is C68H92ClFN12O18. The van der Waals surface area contributed by atoms with E-state index in [1.807, 2.05) is 52.5 Å². The van der Waals surface area contributed by atoms with E-state index in [2.05, 4.69) is 36.2 Å². The summed E-state index contributed by atoms with van der Waals surface area (Å²) >= 11 is 0. The lowest BCUT2D eigenvalue weighted by molar-refractivity contribution is -0.140. The first kappa shape index (κ1) is 82.7. The molecule has 3 atom stereocenters. The molecule has 6 fully saturated rings. The van der Waals surface area contributed by atoms with Crippen molar-refractivity contribution >= 4 is 113 Å². The van der Waals surface area contributed by atoms with Crippen LogP contribution in [0, 0.1) is 5.82 Å². The second-order valence-electron chi connectivity index (χ2n) is 25.3. The maximum atomic E-state index is 13.2. The Kier molecular flexibility index (Phi) is 29.2. The number of piperidine rings is 3. The standard InChI is InChI=1S/C22H26N4O6.C17H18N4O4.C13H9FN2O4.C9H18N2O2.C4H8O2.3CH4.ClH/c1-22(2,3)32-21(31)25-10-8-24(9-11-25)13-4-5-14-15(12-13)20(30)26(19(14)29)16-6-7-17(27)23-18(16)28;22-14-4-3-13(15(23)19-14)21-16(24)11-2-1-10(9-12(11)17(21)25)20-7-5-18-6-8-20;14-6-1-2-7-8(5-6)13(20)16(12(7)19)9-3-4-10(17)15-11(9)18;1-9(2,3)13-8(12)11-6-4-10-5-7-11;1-3-6-4(2)5;;;;/h4-5,12,16H,6-11H2,1-3H3,(H,23,27,28);1-2,9,13,18H,3-8H2,(H,19,22,23);1-2,5,9H,3-4H2,(H,15,17,18);10H,4-7H2,1-3H3;3H2,1-2H3;3*1H4;1H. The van der Waals surface area contributed by atoms with Gasteiger partial charge in [-0.2, -0.15) is 0 Å². The van der Waals surface area contributed by atoms with Gasteiger partial charge in [-0.1, -0.05) is 22.3 Å². The van der Waals surface area contributed by atoms with Gasteiger partial charge in [0.2, 0.25) is 35.4 Å². The Morgan fingerprint density at radius 2 is 0.760 bits per heavy atom. The lowest BCUT2D eigenvalue weighted by Gasteiger charge is -2.36. The summed E-state index contributed by atoms with van der Waals surface area (Å²) in [6.45, 7) is 23.4. The highest BCUT2D eigenvalue weighted by molar-refractivity contribution is 6.25. The first-order valence-corrected chi connectivity index (χ1v) is 31.6. The molecule has 0 spiro atoms. The average Bonchev–Trinajstić information content (AvgIpc) is 1.61. The number of carbonyl (C=O) groups excluding carboxylic acids is 15. The number of amides is 14. The quantitative estimate of drug-likeness (QED) is 0.128. The van der Waals surface area contributed by atoms with E-state index in [1.165, 1.54) is 13.0 Å². The van der Waals surface area contributed by atoms with Crippen molar-refractivity contribution in [2.45, 2.75) is 146 Å². The molecule has 32 heteroatoms. The number of nitrogens with zero attached hydrogens (tertiary/aromatic N) is 7. The van der Waals surface area contributed by atoms with Crippen LogP contribution in [0.3, 0.4) is 0 Å². The van der Waals surface area contributed by atoms with Gasteiger partial charge in [0, 0.05) is 116 Å². The molecule has 546 valence electrons. The van der Waals surface area contributed by atoms with E-state index in [4.69, 9.17) is 9.47 Å². The Hall–Kier alpha value is -9.75. The van der Waals surface area contributed by atoms with Crippen molar-refractivity contribution in [1.82, 2.24) is 51.1 Å². The summed E-state index contributed by atoms with van der Waals surface area (Å²) in [4.78, 5) is 189. The van der Waals surface area contributed by atoms with Crippen molar-refractivity contribution in [2.75, 3.05) is 94.9 Å². The predicted octanol–water partition coefficient (Wildman–Crippen LogP) is 4.60. The summed E-state index contributed by atoms with van der Waals surface area (Å²) in [5.41, 5.74) is 1.85. The topological polar surface area (TPSA) is 367 Å². The summed E-state index contributed by atoms with van der Waals surface area (Å²) in [5.74, 6) is -7.31. The van der Waals surface area contributed by atoms with E-state index in [0.29, 0.717) is 43.9 Å². The zero-order chi connectivity index (χ0) is 70.1. The maximum Gasteiger partial charge on any atom is 0.410 e. The minimum atomic E-state index is -1.02. The number of rotatable bonds is 6. The molecule has 100 heavy (non-hydrogen) atoms. The van der Waals surface area contributed by atoms with Crippen LogP contribution in [0.2, 0.25) is 0 Å². The van der Waals surface area contributed by atoms with E-state index >= 15 is 0 Å². The van der Waals surface area contributed by atoms with Gasteiger partial charge in [-0.25, -0.2) is 14.0 Å². The number of piperazine rings is 3. The number of carbonyl (C=O) groups is 15. The molecule has 12 rings (SSSR count). The molecule has 3 unspecified atom stereocenters. The van der Waals surface area contributed by atoms with E-state index < -0.39 is 94.5 Å². The smallest absolute Gasteiger partial charge is 0.410 e. The number of imide groups is 6. The van der Waals surface area contributed by atoms with E-state index in [0.717, 1.165) is 90.6 Å². The van der Waals surface area contributed by atoms with E-state index in [1.54, 1.807) is 47.1 Å². The second-order valence-corrected chi connectivity index (χ2v) is 25.3. The van der Waals surface area contributed by atoms with E-state index in [-0.39, 0.29) is 125 Å². The zero-order valence-electron chi connectivity index (χ0n) is 55.1. The Morgan fingerprint density at radius 3 is 1.08 bits per heavy atom. The van der Waals surface area contributed by atoms with Crippen LogP contribution in [0.1, 0.15) is 178 Å². The minimum Gasteiger partial charge on any atom is -0.466 e. The molecule has 0 radical (unpaired) electrons. The summed E-state index contributed by atoms with van der Waals surface area (Å²) in [5, 5.41) is 12.9. The van der Waals surface area contributed by atoms with Crippen LogP contribution in [-0.2, 0) is 47.8 Å². The van der Waals surface area contributed by atoms with Gasteiger partial charge in [-0.3, -0.25) is 93.0 Å². The van der Waals surface area contributed by atoms with Crippen molar-refractivity contribution in [1.29, 1.82) is 0 Å².